The molecule has 0 amide bonds. The number of benzene rings is 2. The van der Waals surface area contributed by atoms with Gasteiger partial charge in [-0.3, -0.25) is 14.5 Å². The zero-order valence-electron chi connectivity index (χ0n) is 18.1. The van der Waals surface area contributed by atoms with E-state index >= 15 is 0 Å². The summed E-state index contributed by atoms with van der Waals surface area (Å²) in [4.78, 5) is 25.6. The number of aromatic hydroxyl groups is 1. The fourth-order valence-electron chi connectivity index (χ4n) is 3.72. The third kappa shape index (κ3) is 5.30. The number of carbonyl (C=O) groups excluding carboxylic acids is 2. The summed E-state index contributed by atoms with van der Waals surface area (Å²) < 4.78 is 24.8. The van der Waals surface area contributed by atoms with Crippen LogP contribution in [-0.2, 0) is 20.9 Å². The van der Waals surface area contributed by atoms with E-state index in [1.807, 2.05) is 0 Å². The van der Waals surface area contributed by atoms with Crippen molar-refractivity contribution in [2.45, 2.75) is 13.5 Å². The minimum absolute atomic E-state index is 0.0557. The summed E-state index contributed by atoms with van der Waals surface area (Å²) in [5, 5.41) is 10.5. The summed E-state index contributed by atoms with van der Waals surface area (Å²) in [5.41, 5.74) is 2.84. The Labute approximate surface area is 186 Å². The van der Waals surface area contributed by atoms with Crippen molar-refractivity contribution in [2.24, 2.45) is 0 Å². The molecule has 0 aromatic heterocycles. The van der Waals surface area contributed by atoms with E-state index in [1.54, 1.807) is 19.1 Å². The minimum atomic E-state index is -0.428. The molecule has 0 saturated carbocycles. The molecule has 7 heteroatoms. The topological polar surface area (TPSA) is 76.1 Å². The molecule has 2 aromatic carbocycles. The van der Waals surface area contributed by atoms with Gasteiger partial charge in [0, 0.05) is 30.8 Å². The monoisotopic (exact) mass is 439 g/mol. The van der Waals surface area contributed by atoms with Gasteiger partial charge in [-0.2, -0.15) is 0 Å². The van der Waals surface area contributed by atoms with Crippen LogP contribution in [0.1, 0.15) is 22.3 Å². The Balaban J connectivity index is 2.10. The smallest absolute Gasteiger partial charge is 0.150 e. The molecular weight excluding hydrogens is 413 g/mol. The van der Waals surface area contributed by atoms with Crippen molar-refractivity contribution in [1.29, 1.82) is 0 Å². The Morgan fingerprint density at radius 3 is 2.62 bits per heavy atom. The molecular formula is C25H26FNO5. The Morgan fingerprint density at radius 2 is 1.97 bits per heavy atom. The van der Waals surface area contributed by atoms with E-state index in [4.69, 9.17) is 9.47 Å². The predicted molar refractivity (Wildman–Crippen MR) is 120 cm³/mol. The van der Waals surface area contributed by atoms with Gasteiger partial charge >= 0.3 is 0 Å². The van der Waals surface area contributed by atoms with Gasteiger partial charge in [-0.15, -0.1) is 0 Å². The molecule has 1 fully saturated rings. The number of ether oxygens (including phenoxy) is 2. The highest BCUT2D eigenvalue weighted by Gasteiger charge is 2.22. The van der Waals surface area contributed by atoms with Gasteiger partial charge in [-0.25, -0.2) is 4.39 Å². The molecule has 0 radical (unpaired) electrons. The Hall–Kier alpha value is -3.29. The van der Waals surface area contributed by atoms with Crippen LogP contribution in [0.4, 0.5) is 4.39 Å². The van der Waals surface area contributed by atoms with Gasteiger partial charge in [0.05, 0.1) is 25.9 Å². The van der Waals surface area contributed by atoms with E-state index in [9.17, 15) is 19.1 Å². The molecule has 2 aromatic rings. The van der Waals surface area contributed by atoms with Gasteiger partial charge in [0.1, 0.15) is 23.6 Å². The number of phenols is 1. The lowest BCUT2D eigenvalue weighted by molar-refractivity contribution is -0.104. The maximum absolute atomic E-state index is 13.8. The third-order valence-corrected chi connectivity index (χ3v) is 5.44. The second-order valence-electron chi connectivity index (χ2n) is 7.47. The molecule has 3 rings (SSSR count). The van der Waals surface area contributed by atoms with E-state index in [2.05, 4.69) is 4.90 Å². The van der Waals surface area contributed by atoms with Crippen LogP contribution in [0.25, 0.3) is 11.6 Å². The Morgan fingerprint density at radius 1 is 1.22 bits per heavy atom. The zero-order chi connectivity index (χ0) is 23.1. The molecule has 0 bridgehead atoms. The predicted octanol–water partition coefficient (Wildman–Crippen LogP) is 3.55. The summed E-state index contributed by atoms with van der Waals surface area (Å²) in [7, 11) is 1.47. The van der Waals surface area contributed by atoms with Crippen LogP contribution in [0.3, 0.4) is 0 Å². The Kier molecular flexibility index (Phi) is 7.92. The van der Waals surface area contributed by atoms with Crippen molar-refractivity contribution in [3.63, 3.8) is 0 Å². The number of allylic oxidation sites excluding steroid dienone is 3. The average molecular weight is 439 g/mol. The summed E-state index contributed by atoms with van der Waals surface area (Å²) in [6.07, 6.45) is 4.00. The lowest BCUT2D eigenvalue weighted by Crippen LogP contribution is -2.35. The highest BCUT2D eigenvalue weighted by molar-refractivity contribution is 6.07. The quantitative estimate of drug-likeness (QED) is 0.385. The SMILES string of the molecule is COc1c(C(=C\C=O)/C(C=O)=C/c2cc(F)ccc2C)ccc(O)c1CN1CCOCC1. The number of carbonyl (C=O) groups is 2. The van der Waals surface area contributed by atoms with Gasteiger partial charge in [0.25, 0.3) is 0 Å². The highest BCUT2D eigenvalue weighted by Crippen LogP contribution is 2.39. The summed E-state index contributed by atoms with van der Waals surface area (Å²) in [5.74, 6) is -0.00325. The fraction of sp³-hybridized carbons (Fsp3) is 0.280. The van der Waals surface area contributed by atoms with Crippen molar-refractivity contribution >= 4 is 24.2 Å². The van der Waals surface area contributed by atoms with Crippen molar-refractivity contribution in [3.8, 4) is 11.5 Å². The van der Waals surface area contributed by atoms with Crippen LogP contribution >= 0.6 is 0 Å². The largest absolute Gasteiger partial charge is 0.507 e. The normalized spacial score (nSPS) is 15.5. The number of hydrogen-bond donors (Lipinski definition) is 1. The van der Waals surface area contributed by atoms with Crippen LogP contribution in [0, 0.1) is 12.7 Å². The molecule has 0 spiro atoms. The van der Waals surface area contributed by atoms with E-state index in [-0.39, 0.29) is 11.3 Å². The van der Waals surface area contributed by atoms with E-state index in [1.165, 1.54) is 37.5 Å². The summed E-state index contributed by atoms with van der Waals surface area (Å²) >= 11 is 0. The second kappa shape index (κ2) is 10.8. The molecule has 32 heavy (non-hydrogen) atoms. The molecule has 0 unspecified atom stereocenters. The molecule has 1 N–H and O–H groups in total. The van der Waals surface area contributed by atoms with Gasteiger partial charge in [-0.05, 0) is 60.0 Å². The number of aldehydes is 2. The number of morpholine rings is 1. The first kappa shape index (κ1) is 23.4. The summed E-state index contributed by atoms with van der Waals surface area (Å²) in [6.45, 7) is 4.85. The molecule has 168 valence electrons. The van der Waals surface area contributed by atoms with Gasteiger partial charge < -0.3 is 14.6 Å². The third-order valence-electron chi connectivity index (χ3n) is 5.44. The number of methoxy groups -OCH3 is 1. The van der Waals surface area contributed by atoms with Crippen molar-refractivity contribution < 1.29 is 28.6 Å². The van der Waals surface area contributed by atoms with E-state index in [0.29, 0.717) is 73.4 Å². The highest BCUT2D eigenvalue weighted by atomic mass is 19.1. The zero-order valence-corrected chi connectivity index (χ0v) is 18.1. The van der Waals surface area contributed by atoms with E-state index < -0.39 is 5.82 Å². The molecule has 1 aliphatic heterocycles. The van der Waals surface area contributed by atoms with Gasteiger partial charge in [0.15, 0.2) is 6.29 Å². The lowest BCUT2D eigenvalue weighted by atomic mass is 9.92. The number of rotatable bonds is 8. The number of phenolic OH excluding ortho intramolecular Hbond substituents is 1. The number of nitrogens with zero attached hydrogens (tertiary/aromatic N) is 1. The second-order valence-corrected chi connectivity index (χ2v) is 7.47. The molecule has 1 aliphatic rings. The van der Waals surface area contributed by atoms with Gasteiger partial charge in [-0.1, -0.05) is 6.07 Å². The number of halogens is 1. The maximum Gasteiger partial charge on any atom is 0.150 e. The van der Waals surface area contributed by atoms with E-state index in [0.717, 1.165) is 5.56 Å². The first-order chi connectivity index (χ1) is 15.5. The van der Waals surface area contributed by atoms with Crippen molar-refractivity contribution in [3.05, 3.63) is 70.1 Å². The standard InChI is InChI=1S/C25H26FNO5/c1-17-3-4-20(26)14-18(17)13-19(16-29)21(7-10-28)22-5-6-24(30)23(25(22)31-2)15-27-8-11-32-12-9-27/h3-7,10,13-14,16,30H,8-9,11-12,15H2,1-2H3/b19-13+,21-7-. The number of aryl methyl sites for hydroxylation is 1. The lowest BCUT2D eigenvalue weighted by Gasteiger charge is -2.28. The first-order valence-electron chi connectivity index (χ1n) is 10.3. The molecule has 0 atom stereocenters. The first-order valence-corrected chi connectivity index (χ1v) is 10.3. The van der Waals surface area contributed by atoms with Gasteiger partial charge in [0.2, 0.25) is 0 Å². The van der Waals surface area contributed by atoms with Crippen molar-refractivity contribution in [2.75, 3.05) is 33.4 Å². The van der Waals surface area contributed by atoms with Crippen LogP contribution in [0.15, 0.2) is 42.0 Å². The van der Waals surface area contributed by atoms with Crippen LogP contribution in [0.5, 0.6) is 11.5 Å². The summed E-state index contributed by atoms with van der Waals surface area (Å²) in [6, 6.07) is 7.41. The molecule has 1 saturated heterocycles. The Bertz CT molecular complexity index is 1050. The molecule has 0 aliphatic carbocycles. The number of hydrogen-bond acceptors (Lipinski definition) is 6. The van der Waals surface area contributed by atoms with Crippen LogP contribution in [0.2, 0.25) is 0 Å². The molecule has 1 heterocycles. The maximum atomic E-state index is 13.8. The minimum Gasteiger partial charge on any atom is -0.507 e. The average Bonchev–Trinajstić information content (AvgIpc) is 2.80. The van der Waals surface area contributed by atoms with Crippen LogP contribution < -0.4 is 4.74 Å². The molecule has 6 nitrogen and oxygen atoms in total. The fourth-order valence-corrected chi connectivity index (χ4v) is 3.72. The van der Waals surface area contributed by atoms with Crippen molar-refractivity contribution in [1.82, 2.24) is 4.90 Å². The van der Waals surface area contributed by atoms with Crippen LogP contribution in [-0.4, -0.2) is 56.0 Å².